The zero-order valence-electron chi connectivity index (χ0n) is 12.7. The van der Waals surface area contributed by atoms with E-state index in [9.17, 15) is 4.79 Å². The number of nitriles is 1. The van der Waals surface area contributed by atoms with Gasteiger partial charge in [-0.25, -0.2) is 0 Å². The van der Waals surface area contributed by atoms with Crippen molar-refractivity contribution in [2.24, 2.45) is 0 Å². The summed E-state index contributed by atoms with van der Waals surface area (Å²) in [5, 5.41) is 9.24. The highest BCUT2D eigenvalue weighted by Crippen LogP contribution is 2.31. The molecule has 1 heterocycles. The number of rotatable bonds is 4. The Labute approximate surface area is 133 Å². The molecular formula is C19H15NO3. The zero-order valence-corrected chi connectivity index (χ0v) is 12.7. The van der Waals surface area contributed by atoms with Crippen molar-refractivity contribution in [2.75, 3.05) is 6.61 Å². The van der Waals surface area contributed by atoms with Gasteiger partial charge >= 0.3 is 0 Å². The molecule has 4 nitrogen and oxygen atoms in total. The van der Waals surface area contributed by atoms with Crippen LogP contribution in [0, 0.1) is 11.3 Å². The van der Waals surface area contributed by atoms with Gasteiger partial charge in [0.05, 0.1) is 5.39 Å². The third-order valence-corrected chi connectivity index (χ3v) is 3.64. The number of ether oxygens (including phenoxy) is 1. The van der Waals surface area contributed by atoms with E-state index in [-0.39, 0.29) is 17.8 Å². The average Bonchev–Trinajstić information content (AvgIpc) is 2.61. The van der Waals surface area contributed by atoms with Crippen molar-refractivity contribution in [3.8, 4) is 23.1 Å². The molecule has 0 radical (unpaired) electrons. The SMILES string of the molecule is CCc1ccc2oc(-c3ccccc3)c(OCC#N)c(=O)c2c1. The minimum Gasteiger partial charge on any atom is -0.471 e. The van der Waals surface area contributed by atoms with E-state index >= 15 is 0 Å². The minimum atomic E-state index is -0.254. The Morgan fingerprint density at radius 2 is 1.96 bits per heavy atom. The Bertz CT molecular complexity index is 936. The Morgan fingerprint density at radius 3 is 2.65 bits per heavy atom. The molecular weight excluding hydrogens is 290 g/mol. The summed E-state index contributed by atoms with van der Waals surface area (Å²) in [6, 6.07) is 16.7. The summed E-state index contributed by atoms with van der Waals surface area (Å²) in [5.74, 6) is 0.432. The van der Waals surface area contributed by atoms with E-state index in [0.717, 1.165) is 17.5 Å². The number of hydrogen-bond donors (Lipinski definition) is 0. The first-order chi connectivity index (χ1) is 11.2. The van der Waals surface area contributed by atoms with E-state index in [0.29, 0.717) is 16.7 Å². The van der Waals surface area contributed by atoms with E-state index in [4.69, 9.17) is 14.4 Å². The molecule has 0 fully saturated rings. The Hall–Kier alpha value is -3.06. The van der Waals surface area contributed by atoms with Gasteiger partial charge in [0.15, 0.2) is 12.4 Å². The van der Waals surface area contributed by atoms with E-state index in [1.165, 1.54) is 0 Å². The number of nitrogens with zero attached hydrogens (tertiary/aromatic N) is 1. The maximum Gasteiger partial charge on any atom is 0.235 e. The third-order valence-electron chi connectivity index (χ3n) is 3.64. The van der Waals surface area contributed by atoms with E-state index in [1.807, 2.05) is 55.5 Å². The van der Waals surface area contributed by atoms with Crippen molar-refractivity contribution in [3.63, 3.8) is 0 Å². The Balaban J connectivity index is 2.30. The van der Waals surface area contributed by atoms with Crippen LogP contribution < -0.4 is 10.2 Å². The number of fused-ring (bicyclic) bond motifs is 1. The van der Waals surface area contributed by atoms with Crippen molar-refractivity contribution in [1.82, 2.24) is 0 Å². The van der Waals surface area contributed by atoms with Gasteiger partial charge in [0.1, 0.15) is 11.7 Å². The van der Waals surface area contributed by atoms with Crippen molar-refractivity contribution in [2.45, 2.75) is 13.3 Å². The van der Waals surface area contributed by atoms with Gasteiger partial charge in [-0.2, -0.15) is 5.26 Å². The molecule has 4 heteroatoms. The van der Waals surface area contributed by atoms with Crippen LogP contribution in [0.4, 0.5) is 0 Å². The molecule has 0 unspecified atom stereocenters. The topological polar surface area (TPSA) is 63.2 Å². The maximum atomic E-state index is 12.8. The van der Waals surface area contributed by atoms with Crippen molar-refractivity contribution in [1.29, 1.82) is 5.26 Å². The average molecular weight is 305 g/mol. The summed E-state index contributed by atoms with van der Waals surface area (Å²) in [6.45, 7) is 1.82. The summed E-state index contributed by atoms with van der Waals surface area (Å²) in [7, 11) is 0. The molecule has 0 spiro atoms. The van der Waals surface area contributed by atoms with Crippen LogP contribution in [0.15, 0.2) is 57.7 Å². The lowest BCUT2D eigenvalue weighted by Crippen LogP contribution is -2.10. The maximum absolute atomic E-state index is 12.8. The van der Waals surface area contributed by atoms with E-state index < -0.39 is 0 Å². The lowest BCUT2D eigenvalue weighted by Gasteiger charge is -2.10. The highest BCUT2D eigenvalue weighted by molar-refractivity contribution is 5.82. The first kappa shape index (κ1) is 14.9. The van der Waals surface area contributed by atoms with Crippen LogP contribution in [0.5, 0.6) is 5.75 Å². The number of aryl methyl sites for hydroxylation is 1. The van der Waals surface area contributed by atoms with E-state index in [2.05, 4.69) is 0 Å². The van der Waals surface area contributed by atoms with Crippen LogP contribution in [0.2, 0.25) is 0 Å². The van der Waals surface area contributed by atoms with Gasteiger partial charge in [0.2, 0.25) is 11.2 Å². The minimum absolute atomic E-state index is 0.0819. The second-order valence-electron chi connectivity index (χ2n) is 5.09. The second kappa shape index (κ2) is 6.37. The molecule has 1 aromatic heterocycles. The largest absolute Gasteiger partial charge is 0.471 e. The second-order valence-corrected chi connectivity index (χ2v) is 5.09. The molecule has 3 aromatic rings. The fourth-order valence-electron chi connectivity index (χ4n) is 2.46. The molecule has 0 amide bonds. The third kappa shape index (κ3) is 2.82. The van der Waals surface area contributed by atoms with Gasteiger partial charge in [-0.3, -0.25) is 4.79 Å². The standard InChI is InChI=1S/C19H15NO3/c1-2-13-8-9-16-15(12-13)17(21)19(22-11-10-20)18(23-16)14-6-4-3-5-7-14/h3-9,12H,2,11H2,1H3. The molecule has 23 heavy (non-hydrogen) atoms. The van der Waals surface area contributed by atoms with Crippen molar-refractivity contribution >= 4 is 11.0 Å². The molecule has 0 aliphatic rings. The van der Waals surface area contributed by atoms with Crippen molar-refractivity contribution < 1.29 is 9.15 Å². The van der Waals surface area contributed by atoms with Gasteiger partial charge in [-0.1, -0.05) is 43.3 Å². The summed E-state index contributed by atoms with van der Waals surface area (Å²) >= 11 is 0. The lowest BCUT2D eigenvalue weighted by atomic mass is 10.1. The van der Waals surface area contributed by atoms with Gasteiger partial charge in [-0.05, 0) is 24.1 Å². The van der Waals surface area contributed by atoms with E-state index in [1.54, 1.807) is 6.07 Å². The Kier molecular flexibility index (Phi) is 4.11. The highest BCUT2D eigenvalue weighted by atomic mass is 16.5. The highest BCUT2D eigenvalue weighted by Gasteiger charge is 2.17. The fraction of sp³-hybridized carbons (Fsp3) is 0.158. The summed E-state index contributed by atoms with van der Waals surface area (Å²) in [5.41, 5.74) is 2.04. The fourth-order valence-corrected chi connectivity index (χ4v) is 2.46. The van der Waals surface area contributed by atoms with Gasteiger partial charge in [0, 0.05) is 5.56 Å². The van der Waals surface area contributed by atoms with Gasteiger partial charge in [-0.15, -0.1) is 0 Å². The molecule has 0 bridgehead atoms. The van der Waals surface area contributed by atoms with Gasteiger partial charge < -0.3 is 9.15 Å². The summed E-state index contributed by atoms with van der Waals surface area (Å²) < 4.78 is 11.3. The molecule has 0 N–H and O–H groups in total. The zero-order chi connectivity index (χ0) is 16.2. The predicted octanol–water partition coefficient (Wildman–Crippen LogP) is 3.92. The van der Waals surface area contributed by atoms with Crippen LogP contribution in [0.3, 0.4) is 0 Å². The molecule has 0 aliphatic carbocycles. The quantitative estimate of drug-likeness (QED) is 0.732. The molecule has 0 atom stereocenters. The van der Waals surface area contributed by atoms with Gasteiger partial charge in [0.25, 0.3) is 0 Å². The Morgan fingerprint density at radius 1 is 1.17 bits per heavy atom. The monoisotopic (exact) mass is 305 g/mol. The molecule has 0 saturated heterocycles. The molecule has 0 saturated carbocycles. The van der Waals surface area contributed by atoms with Crippen LogP contribution in [-0.4, -0.2) is 6.61 Å². The molecule has 2 aromatic carbocycles. The molecule has 3 rings (SSSR count). The van der Waals surface area contributed by atoms with Crippen LogP contribution in [-0.2, 0) is 6.42 Å². The summed E-state index contributed by atoms with van der Waals surface area (Å²) in [4.78, 5) is 12.8. The van der Waals surface area contributed by atoms with Crippen LogP contribution >= 0.6 is 0 Å². The first-order valence-corrected chi connectivity index (χ1v) is 7.39. The molecule has 0 aliphatic heterocycles. The predicted molar refractivity (Wildman–Crippen MR) is 88.4 cm³/mol. The summed E-state index contributed by atoms with van der Waals surface area (Å²) in [6.07, 6.45) is 0.824. The number of benzene rings is 2. The van der Waals surface area contributed by atoms with Crippen LogP contribution in [0.1, 0.15) is 12.5 Å². The smallest absolute Gasteiger partial charge is 0.235 e. The normalized spacial score (nSPS) is 10.4. The molecule has 114 valence electrons. The van der Waals surface area contributed by atoms with Crippen LogP contribution in [0.25, 0.3) is 22.3 Å². The first-order valence-electron chi connectivity index (χ1n) is 7.39. The number of hydrogen-bond acceptors (Lipinski definition) is 4. The lowest BCUT2D eigenvalue weighted by molar-refractivity contribution is 0.356. The van der Waals surface area contributed by atoms with Crippen molar-refractivity contribution in [3.05, 3.63) is 64.3 Å².